The van der Waals surface area contributed by atoms with Crippen LogP contribution >= 0.6 is 11.5 Å². The summed E-state index contributed by atoms with van der Waals surface area (Å²) in [5.41, 5.74) is 5.40. The molecule has 1 unspecified atom stereocenters. The lowest BCUT2D eigenvalue weighted by atomic mass is 10.0. The van der Waals surface area contributed by atoms with E-state index < -0.39 is 0 Å². The third-order valence-corrected chi connectivity index (χ3v) is 2.66. The summed E-state index contributed by atoms with van der Waals surface area (Å²) in [6, 6.07) is 0.215. The van der Waals surface area contributed by atoms with Crippen molar-refractivity contribution >= 4 is 22.6 Å². The molecule has 0 aliphatic heterocycles. The fraction of sp³-hybridized carbons (Fsp3) is 0.750. The molecular formula is C8H16N4OS. The molecule has 0 aromatic carbocycles. The van der Waals surface area contributed by atoms with Crippen LogP contribution in [0.25, 0.3) is 0 Å². The second-order valence-corrected chi connectivity index (χ2v) is 4.22. The number of aliphatic hydroxyl groups is 1. The topological polar surface area (TPSA) is 84.1 Å². The van der Waals surface area contributed by atoms with Crippen LogP contribution in [0.3, 0.4) is 0 Å². The van der Waals surface area contributed by atoms with Gasteiger partial charge in [-0.25, -0.2) is 0 Å². The first-order valence-electron chi connectivity index (χ1n) is 4.60. The number of hydrogen-bond donors (Lipinski definition) is 3. The number of aliphatic hydroxyl groups excluding tert-OH is 1. The number of nitrogens with two attached hydrogens (primary N) is 1. The Kier molecular flexibility index (Phi) is 4.09. The molecular weight excluding hydrogens is 200 g/mol. The number of hydrogen-bond acceptors (Lipinski definition) is 6. The van der Waals surface area contributed by atoms with Crippen LogP contribution < -0.4 is 11.1 Å². The minimum atomic E-state index is 0.171. The predicted molar refractivity (Wildman–Crippen MR) is 58.3 cm³/mol. The number of nitrogens with zero attached hydrogens (tertiary/aromatic N) is 2. The smallest absolute Gasteiger partial charge is 0.233 e. The summed E-state index contributed by atoms with van der Waals surface area (Å²) in [5.74, 6) is 0.733. The van der Waals surface area contributed by atoms with Crippen molar-refractivity contribution in [2.75, 3.05) is 17.7 Å². The lowest BCUT2D eigenvalue weighted by Gasteiger charge is -2.20. The summed E-state index contributed by atoms with van der Waals surface area (Å²) in [6.07, 6.45) is 0.706. The van der Waals surface area contributed by atoms with Gasteiger partial charge in [0.25, 0.3) is 0 Å². The maximum Gasteiger partial charge on any atom is 0.233 e. The Morgan fingerprint density at radius 3 is 2.71 bits per heavy atom. The van der Waals surface area contributed by atoms with Crippen LogP contribution in [0.1, 0.15) is 20.3 Å². The van der Waals surface area contributed by atoms with Crippen molar-refractivity contribution in [2.24, 2.45) is 5.92 Å². The molecule has 6 heteroatoms. The fourth-order valence-electron chi connectivity index (χ4n) is 1.16. The molecule has 1 rings (SSSR count). The highest BCUT2D eigenvalue weighted by Crippen LogP contribution is 2.17. The molecule has 0 saturated heterocycles. The first kappa shape index (κ1) is 11.2. The minimum Gasteiger partial charge on any atom is -0.396 e. The summed E-state index contributed by atoms with van der Waals surface area (Å²) >= 11 is 1.24. The van der Waals surface area contributed by atoms with E-state index in [1.165, 1.54) is 11.5 Å². The highest BCUT2D eigenvalue weighted by atomic mass is 32.1. The van der Waals surface area contributed by atoms with Gasteiger partial charge in [-0.2, -0.15) is 9.36 Å². The van der Waals surface area contributed by atoms with Crippen LogP contribution in [0.4, 0.5) is 11.1 Å². The second-order valence-electron chi connectivity index (χ2n) is 3.46. The molecule has 0 saturated carbocycles. The zero-order valence-corrected chi connectivity index (χ0v) is 9.21. The molecule has 0 bridgehead atoms. The van der Waals surface area contributed by atoms with E-state index in [0.717, 1.165) is 5.13 Å². The van der Waals surface area contributed by atoms with E-state index in [-0.39, 0.29) is 12.6 Å². The van der Waals surface area contributed by atoms with Crippen LogP contribution in [0.15, 0.2) is 0 Å². The molecule has 5 nitrogen and oxygen atoms in total. The number of anilines is 2. The first-order valence-corrected chi connectivity index (χ1v) is 5.37. The quantitative estimate of drug-likeness (QED) is 0.682. The van der Waals surface area contributed by atoms with E-state index in [1.807, 2.05) is 0 Å². The van der Waals surface area contributed by atoms with Gasteiger partial charge < -0.3 is 16.2 Å². The van der Waals surface area contributed by atoms with Gasteiger partial charge in [0, 0.05) is 24.2 Å². The molecule has 0 radical (unpaired) electrons. The molecule has 0 aliphatic rings. The minimum absolute atomic E-state index is 0.171. The van der Waals surface area contributed by atoms with E-state index >= 15 is 0 Å². The van der Waals surface area contributed by atoms with Crippen LogP contribution in [0, 0.1) is 5.92 Å². The van der Waals surface area contributed by atoms with Gasteiger partial charge in [-0.1, -0.05) is 13.8 Å². The van der Waals surface area contributed by atoms with Gasteiger partial charge in [0.05, 0.1) is 0 Å². The monoisotopic (exact) mass is 216 g/mol. The summed E-state index contributed by atoms with van der Waals surface area (Å²) in [7, 11) is 0. The van der Waals surface area contributed by atoms with Gasteiger partial charge in [-0.05, 0) is 12.3 Å². The molecule has 0 aliphatic carbocycles. The predicted octanol–water partition coefficient (Wildman–Crippen LogP) is 0.939. The fourth-order valence-corrected chi connectivity index (χ4v) is 1.72. The number of nitrogen functional groups attached to an aromatic ring is 1. The van der Waals surface area contributed by atoms with Gasteiger partial charge in [0.1, 0.15) is 0 Å². The van der Waals surface area contributed by atoms with Gasteiger partial charge in [-0.3, -0.25) is 0 Å². The van der Waals surface area contributed by atoms with Crippen molar-refractivity contribution < 1.29 is 5.11 Å². The summed E-state index contributed by atoms with van der Waals surface area (Å²) < 4.78 is 3.87. The van der Waals surface area contributed by atoms with Crippen LogP contribution in [0.2, 0.25) is 0 Å². The Hall–Kier alpha value is -0.880. The lowest BCUT2D eigenvalue weighted by Crippen LogP contribution is -2.26. The third kappa shape index (κ3) is 3.12. The highest BCUT2D eigenvalue weighted by Gasteiger charge is 2.14. The van der Waals surface area contributed by atoms with Crippen LogP contribution in [-0.2, 0) is 0 Å². The van der Waals surface area contributed by atoms with Crippen molar-refractivity contribution in [2.45, 2.75) is 26.3 Å². The Morgan fingerprint density at radius 1 is 1.57 bits per heavy atom. The molecule has 0 amide bonds. The van der Waals surface area contributed by atoms with Crippen molar-refractivity contribution in [3.8, 4) is 0 Å². The third-order valence-electron chi connectivity index (χ3n) is 2.00. The van der Waals surface area contributed by atoms with E-state index in [0.29, 0.717) is 18.3 Å². The second kappa shape index (κ2) is 5.11. The normalized spacial score (nSPS) is 13.1. The van der Waals surface area contributed by atoms with Crippen molar-refractivity contribution in [3.05, 3.63) is 0 Å². The van der Waals surface area contributed by atoms with Crippen molar-refractivity contribution in [1.29, 1.82) is 0 Å². The molecule has 0 spiro atoms. The van der Waals surface area contributed by atoms with Crippen LogP contribution in [-0.4, -0.2) is 27.1 Å². The Balaban J connectivity index is 2.55. The summed E-state index contributed by atoms with van der Waals surface area (Å²) in [6.45, 7) is 4.36. The summed E-state index contributed by atoms with van der Waals surface area (Å²) in [5, 5.41) is 12.8. The molecule has 1 aromatic rings. The van der Waals surface area contributed by atoms with E-state index in [4.69, 9.17) is 10.8 Å². The van der Waals surface area contributed by atoms with Gasteiger partial charge in [0.15, 0.2) is 0 Å². The lowest BCUT2D eigenvalue weighted by molar-refractivity contribution is 0.267. The standard InChI is InChI=1S/C8H16N4OS/c1-5(2)6(3-4-13)10-8-11-7(9)12-14-8/h5-6,13H,3-4H2,1-2H3,(H3,9,10,11,12). The molecule has 4 N–H and O–H groups in total. The average molecular weight is 216 g/mol. The Morgan fingerprint density at radius 2 is 2.29 bits per heavy atom. The first-order chi connectivity index (χ1) is 6.63. The van der Waals surface area contributed by atoms with E-state index in [9.17, 15) is 0 Å². The average Bonchev–Trinajstić information content (AvgIpc) is 2.50. The van der Waals surface area contributed by atoms with Gasteiger partial charge in [-0.15, -0.1) is 0 Å². The van der Waals surface area contributed by atoms with Crippen molar-refractivity contribution in [1.82, 2.24) is 9.36 Å². The van der Waals surface area contributed by atoms with Gasteiger partial charge in [0.2, 0.25) is 11.1 Å². The largest absolute Gasteiger partial charge is 0.396 e. The van der Waals surface area contributed by atoms with Crippen LogP contribution in [0.5, 0.6) is 0 Å². The maximum atomic E-state index is 8.87. The van der Waals surface area contributed by atoms with Crippen molar-refractivity contribution in [3.63, 3.8) is 0 Å². The number of nitrogens with one attached hydrogen (secondary N) is 1. The zero-order chi connectivity index (χ0) is 10.6. The highest BCUT2D eigenvalue weighted by molar-refractivity contribution is 7.09. The zero-order valence-electron chi connectivity index (χ0n) is 8.40. The van der Waals surface area contributed by atoms with Gasteiger partial charge >= 0.3 is 0 Å². The molecule has 0 fully saturated rings. The molecule has 1 heterocycles. The number of aromatic nitrogens is 2. The SMILES string of the molecule is CC(C)C(CCO)Nc1nc(N)ns1. The number of rotatable bonds is 5. The summed E-state index contributed by atoms with van der Waals surface area (Å²) in [4.78, 5) is 4.01. The van der Waals surface area contributed by atoms with E-state index in [2.05, 4.69) is 28.5 Å². The Bertz CT molecular complexity index is 276. The molecule has 1 aromatic heterocycles. The Labute approximate surface area is 87.5 Å². The molecule has 14 heavy (non-hydrogen) atoms. The van der Waals surface area contributed by atoms with E-state index in [1.54, 1.807) is 0 Å². The molecule has 1 atom stereocenters. The molecule has 80 valence electrons. The maximum absolute atomic E-state index is 8.87.